The highest BCUT2D eigenvalue weighted by Gasteiger charge is 2.44. The predicted molar refractivity (Wildman–Crippen MR) is 130 cm³/mol. The summed E-state index contributed by atoms with van der Waals surface area (Å²) in [4.78, 5) is 46.4. The van der Waals surface area contributed by atoms with Gasteiger partial charge < -0.3 is 10.6 Å². The number of anilines is 1. The van der Waals surface area contributed by atoms with Gasteiger partial charge in [0, 0.05) is 12.6 Å². The Morgan fingerprint density at radius 2 is 2.00 bits per heavy atom. The van der Waals surface area contributed by atoms with Crippen LogP contribution < -0.4 is 15.5 Å². The predicted octanol–water partition coefficient (Wildman–Crippen LogP) is 1.04. The van der Waals surface area contributed by atoms with Crippen molar-refractivity contribution in [2.75, 3.05) is 4.90 Å². The Balaban J connectivity index is 1.39. The van der Waals surface area contributed by atoms with Crippen molar-refractivity contribution < 1.29 is 14.4 Å². The van der Waals surface area contributed by atoms with E-state index in [2.05, 4.69) is 36.2 Å². The third kappa shape index (κ3) is 4.43. The van der Waals surface area contributed by atoms with E-state index >= 15 is 0 Å². The monoisotopic (exact) mass is 488 g/mol. The number of benzene rings is 1. The quantitative estimate of drug-likeness (QED) is 0.450. The lowest BCUT2D eigenvalue weighted by Gasteiger charge is -2.29. The highest BCUT2D eigenvalue weighted by molar-refractivity contribution is 6.08. The molecule has 0 aliphatic carbocycles. The van der Waals surface area contributed by atoms with E-state index in [0.29, 0.717) is 30.8 Å². The zero-order chi connectivity index (χ0) is 25.2. The highest BCUT2D eigenvalue weighted by Crippen LogP contribution is 2.39. The van der Waals surface area contributed by atoms with Gasteiger partial charge in [-0.15, -0.1) is 10.2 Å². The number of nitrogens with zero attached hydrogens (tertiary/aromatic N) is 5. The van der Waals surface area contributed by atoms with E-state index in [0.717, 1.165) is 16.8 Å². The highest BCUT2D eigenvalue weighted by atomic mass is 16.2. The van der Waals surface area contributed by atoms with Crippen molar-refractivity contribution in [2.24, 2.45) is 5.92 Å². The summed E-state index contributed by atoms with van der Waals surface area (Å²) < 4.78 is 0. The largest absolute Gasteiger partial charge is 0.347 e. The maximum atomic E-state index is 13.9. The number of aromatic amines is 1. The summed E-state index contributed by atoms with van der Waals surface area (Å²) in [5.74, 6) is -0.995. The van der Waals surface area contributed by atoms with Crippen molar-refractivity contribution in [3.8, 4) is 0 Å². The molecule has 0 radical (unpaired) electrons. The second kappa shape index (κ2) is 9.84. The van der Waals surface area contributed by atoms with Crippen molar-refractivity contribution in [2.45, 2.75) is 57.7 Å². The summed E-state index contributed by atoms with van der Waals surface area (Å²) in [5, 5.41) is 19.4. The molecule has 3 atom stereocenters. The average Bonchev–Trinajstić information content (AvgIpc) is 3.50. The molecular weight excluding hydrogens is 460 g/mol. The lowest BCUT2D eigenvalue weighted by atomic mass is 9.90. The third-order valence-electron chi connectivity index (χ3n) is 6.79. The fraction of sp³-hybridized carbons (Fsp3) is 0.400. The molecule has 36 heavy (non-hydrogen) atoms. The van der Waals surface area contributed by atoms with Gasteiger partial charge in [-0.05, 0) is 42.0 Å². The van der Waals surface area contributed by atoms with Gasteiger partial charge in [0.05, 0.1) is 23.8 Å². The van der Waals surface area contributed by atoms with Crippen LogP contribution in [-0.2, 0) is 33.8 Å². The molecule has 0 saturated heterocycles. The Kier molecular flexibility index (Phi) is 6.45. The number of carbonyl (C=O) groups excluding carboxylic acids is 3. The number of aromatic nitrogens is 5. The van der Waals surface area contributed by atoms with Gasteiger partial charge in [-0.1, -0.05) is 43.3 Å². The van der Waals surface area contributed by atoms with Crippen LogP contribution in [0.5, 0.6) is 0 Å². The van der Waals surface area contributed by atoms with Crippen molar-refractivity contribution in [3.05, 3.63) is 65.2 Å². The number of para-hydroxylation sites is 1. The van der Waals surface area contributed by atoms with Crippen LogP contribution in [-0.4, -0.2) is 55.4 Å². The zero-order valence-electron chi connectivity index (χ0n) is 20.1. The average molecular weight is 489 g/mol. The number of nitrogens with one attached hydrogen (secondary N) is 3. The van der Waals surface area contributed by atoms with Crippen LogP contribution in [0.1, 0.15) is 48.8 Å². The standard InChI is InChI=1S/C25H28N8O3/c1-14(2)21(17-8-3-4-11-26-17)24(35)28-18-10-9-15-6-5-7-16-12-19(33(22(15)16)25(18)36)23(34)27-13-20-29-31-32-30-20/h3-8,11,14,18-19,21H,9-10,12-13H2,1-2H3,(H,27,34)(H,28,35)(H,29,30,31,32)/t18-,19-,21+/m0/s1. The number of carbonyl (C=O) groups is 3. The minimum atomic E-state index is -0.756. The number of H-pyrrole nitrogens is 1. The number of amides is 3. The molecule has 2 aliphatic heterocycles. The van der Waals surface area contributed by atoms with Gasteiger partial charge in [0.1, 0.15) is 12.1 Å². The first-order chi connectivity index (χ1) is 17.4. The molecule has 186 valence electrons. The third-order valence-corrected chi connectivity index (χ3v) is 6.79. The summed E-state index contributed by atoms with van der Waals surface area (Å²) >= 11 is 0. The molecule has 0 saturated carbocycles. The summed E-state index contributed by atoms with van der Waals surface area (Å²) in [6, 6.07) is 9.87. The van der Waals surface area contributed by atoms with Crippen molar-refractivity contribution in [1.29, 1.82) is 0 Å². The Morgan fingerprint density at radius 1 is 1.17 bits per heavy atom. The maximum absolute atomic E-state index is 13.9. The fourth-order valence-electron chi connectivity index (χ4n) is 5.12. The SMILES string of the molecule is CC(C)[C@@H](C(=O)N[C@H]1CCc2cccc3c2N(C1=O)[C@H](C(=O)NCc1nn[nH]n1)C3)c1ccccn1. The molecule has 0 fully saturated rings. The van der Waals surface area contributed by atoms with E-state index in [1.807, 2.05) is 44.2 Å². The number of pyridine rings is 1. The van der Waals surface area contributed by atoms with E-state index in [-0.39, 0.29) is 30.2 Å². The van der Waals surface area contributed by atoms with Gasteiger partial charge in [-0.25, -0.2) is 0 Å². The lowest BCUT2D eigenvalue weighted by molar-refractivity contribution is -0.130. The Bertz CT molecular complexity index is 1260. The lowest BCUT2D eigenvalue weighted by Crippen LogP contribution is -2.55. The Hall–Kier alpha value is -4.15. The topological polar surface area (TPSA) is 146 Å². The van der Waals surface area contributed by atoms with Gasteiger partial charge in [-0.3, -0.25) is 24.3 Å². The summed E-state index contributed by atoms with van der Waals surface area (Å²) in [6.45, 7) is 4.01. The van der Waals surface area contributed by atoms with Crippen LogP contribution in [0.4, 0.5) is 5.69 Å². The molecule has 5 rings (SSSR count). The number of aryl methyl sites for hydroxylation is 1. The number of hydrogen-bond donors (Lipinski definition) is 3. The maximum Gasteiger partial charge on any atom is 0.250 e. The molecule has 0 unspecified atom stereocenters. The Labute approximate surface area is 208 Å². The molecule has 2 aromatic heterocycles. The molecule has 3 aromatic rings. The molecule has 0 spiro atoms. The molecule has 2 aliphatic rings. The van der Waals surface area contributed by atoms with Crippen LogP contribution in [0.2, 0.25) is 0 Å². The van der Waals surface area contributed by atoms with E-state index in [1.165, 1.54) is 0 Å². The van der Waals surface area contributed by atoms with Crippen molar-refractivity contribution in [3.63, 3.8) is 0 Å². The van der Waals surface area contributed by atoms with E-state index in [4.69, 9.17) is 0 Å². The Morgan fingerprint density at radius 3 is 2.72 bits per heavy atom. The molecule has 11 heteroatoms. The van der Waals surface area contributed by atoms with Crippen LogP contribution in [0.25, 0.3) is 0 Å². The molecule has 1 aromatic carbocycles. The first-order valence-electron chi connectivity index (χ1n) is 12.1. The fourth-order valence-corrected chi connectivity index (χ4v) is 5.12. The van der Waals surface area contributed by atoms with Gasteiger partial charge in [0.2, 0.25) is 17.7 Å². The van der Waals surface area contributed by atoms with Gasteiger partial charge in [0.25, 0.3) is 0 Å². The normalized spacial score (nSPS) is 19.5. The number of rotatable bonds is 7. The van der Waals surface area contributed by atoms with Crippen LogP contribution in [0.3, 0.4) is 0 Å². The molecule has 4 heterocycles. The van der Waals surface area contributed by atoms with Crippen LogP contribution >= 0.6 is 0 Å². The molecule has 3 amide bonds. The van der Waals surface area contributed by atoms with Gasteiger partial charge >= 0.3 is 0 Å². The smallest absolute Gasteiger partial charge is 0.250 e. The molecule has 3 N–H and O–H groups in total. The first kappa shape index (κ1) is 23.6. The van der Waals surface area contributed by atoms with Crippen LogP contribution in [0, 0.1) is 5.92 Å². The summed E-state index contributed by atoms with van der Waals surface area (Å²) in [5.41, 5.74) is 3.39. The number of tetrazole rings is 1. The minimum Gasteiger partial charge on any atom is -0.347 e. The van der Waals surface area contributed by atoms with Crippen LogP contribution in [0.15, 0.2) is 42.6 Å². The number of hydrogen-bond acceptors (Lipinski definition) is 7. The van der Waals surface area contributed by atoms with E-state index < -0.39 is 18.0 Å². The summed E-state index contributed by atoms with van der Waals surface area (Å²) in [7, 11) is 0. The van der Waals surface area contributed by atoms with E-state index in [1.54, 1.807) is 17.2 Å². The summed E-state index contributed by atoms with van der Waals surface area (Å²) in [6.07, 6.45) is 3.12. The second-order valence-electron chi connectivity index (χ2n) is 9.48. The van der Waals surface area contributed by atoms with E-state index in [9.17, 15) is 14.4 Å². The minimum absolute atomic E-state index is 0.0139. The first-order valence-corrected chi connectivity index (χ1v) is 12.1. The zero-order valence-corrected chi connectivity index (χ0v) is 20.1. The molecular formula is C25H28N8O3. The van der Waals surface area contributed by atoms with Crippen molar-refractivity contribution >= 4 is 23.4 Å². The van der Waals surface area contributed by atoms with Gasteiger partial charge in [-0.2, -0.15) is 5.21 Å². The second-order valence-corrected chi connectivity index (χ2v) is 9.48. The van der Waals surface area contributed by atoms with Gasteiger partial charge in [0.15, 0.2) is 5.82 Å². The van der Waals surface area contributed by atoms with Crippen molar-refractivity contribution in [1.82, 2.24) is 36.2 Å². The molecule has 0 bridgehead atoms. The molecule has 11 nitrogen and oxygen atoms in total.